The molecule has 2 rings (SSSR count). The van der Waals surface area contributed by atoms with E-state index in [2.05, 4.69) is 27.7 Å². The quantitative estimate of drug-likeness (QED) is 0.656. The van der Waals surface area contributed by atoms with Gasteiger partial charge in [0.25, 0.3) is 5.54 Å². The SMILES string of the molecule is [C-]#[N+]C1(c2ccc(Br)cc2)CC1C. The second kappa shape index (κ2) is 2.85. The maximum atomic E-state index is 7.20. The smallest absolute Gasteiger partial charge is 0.260 e. The van der Waals surface area contributed by atoms with Gasteiger partial charge in [-0.15, -0.1) is 0 Å². The van der Waals surface area contributed by atoms with Crippen LogP contribution in [0.25, 0.3) is 4.85 Å². The van der Waals surface area contributed by atoms with Gasteiger partial charge in [0.05, 0.1) is 0 Å². The normalized spacial score (nSPS) is 31.0. The van der Waals surface area contributed by atoms with E-state index in [1.807, 2.05) is 24.3 Å². The highest BCUT2D eigenvalue weighted by Gasteiger charge is 2.60. The van der Waals surface area contributed by atoms with E-state index in [-0.39, 0.29) is 5.54 Å². The van der Waals surface area contributed by atoms with Crippen molar-refractivity contribution in [2.45, 2.75) is 18.9 Å². The Morgan fingerprint density at radius 2 is 2.00 bits per heavy atom. The summed E-state index contributed by atoms with van der Waals surface area (Å²) in [6.07, 6.45) is 1.01. The summed E-state index contributed by atoms with van der Waals surface area (Å²) < 4.78 is 1.07. The average molecular weight is 236 g/mol. The molecule has 0 amide bonds. The van der Waals surface area contributed by atoms with Gasteiger partial charge in [-0.25, -0.2) is 6.57 Å². The van der Waals surface area contributed by atoms with Crippen LogP contribution in [0.1, 0.15) is 18.9 Å². The number of nitrogens with zero attached hydrogens (tertiary/aromatic N) is 1. The van der Waals surface area contributed by atoms with Crippen molar-refractivity contribution in [2.75, 3.05) is 0 Å². The lowest BCUT2D eigenvalue weighted by Crippen LogP contribution is -2.02. The van der Waals surface area contributed by atoms with Crippen LogP contribution in [0, 0.1) is 12.5 Å². The van der Waals surface area contributed by atoms with Crippen molar-refractivity contribution >= 4 is 15.9 Å². The molecule has 0 bridgehead atoms. The standard InChI is InChI=1S/C11H10BrN/c1-8-7-11(8,13-2)9-3-5-10(12)6-4-9/h3-6,8H,7H2,1H3. The number of hydrogen-bond acceptors (Lipinski definition) is 0. The number of halogens is 1. The summed E-state index contributed by atoms with van der Waals surface area (Å²) in [5, 5.41) is 0. The van der Waals surface area contributed by atoms with E-state index in [0.717, 1.165) is 10.9 Å². The Morgan fingerprint density at radius 1 is 1.46 bits per heavy atom. The molecule has 1 nitrogen and oxygen atoms in total. The first-order chi connectivity index (χ1) is 6.19. The third kappa shape index (κ3) is 1.28. The van der Waals surface area contributed by atoms with Crippen molar-refractivity contribution < 1.29 is 0 Å². The molecule has 0 aromatic heterocycles. The second-order valence-corrected chi connectivity index (χ2v) is 4.56. The highest BCUT2D eigenvalue weighted by atomic mass is 79.9. The van der Waals surface area contributed by atoms with Gasteiger partial charge in [0.15, 0.2) is 0 Å². The number of rotatable bonds is 1. The van der Waals surface area contributed by atoms with Crippen LogP contribution in [0.5, 0.6) is 0 Å². The Hall–Kier alpha value is -0.810. The minimum absolute atomic E-state index is 0.194. The molecular formula is C11H10BrN. The fourth-order valence-corrected chi connectivity index (χ4v) is 2.03. The van der Waals surface area contributed by atoms with Gasteiger partial charge in [-0.1, -0.05) is 22.9 Å². The summed E-state index contributed by atoms with van der Waals surface area (Å²) in [6, 6.07) is 8.11. The van der Waals surface area contributed by atoms with Crippen LogP contribution in [0.4, 0.5) is 0 Å². The van der Waals surface area contributed by atoms with E-state index in [1.165, 1.54) is 5.56 Å². The third-order valence-corrected chi connectivity index (χ3v) is 3.34. The molecule has 0 aliphatic heterocycles. The van der Waals surface area contributed by atoms with Crippen molar-refractivity contribution in [1.82, 2.24) is 0 Å². The molecule has 2 unspecified atom stereocenters. The molecule has 1 aromatic rings. The van der Waals surface area contributed by atoms with E-state index in [1.54, 1.807) is 0 Å². The molecule has 1 aliphatic rings. The lowest BCUT2D eigenvalue weighted by atomic mass is 10.0. The Balaban J connectivity index is 2.38. The van der Waals surface area contributed by atoms with Crippen molar-refractivity contribution in [1.29, 1.82) is 0 Å². The summed E-state index contributed by atoms with van der Waals surface area (Å²) in [4.78, 5) is 3.75. The Kier molecular flexibility index (Phi) is 1.92. The van der Waals surface area contributed by atoms with Crippen molar-refractivity contribution in [2.24, 2.45) is 5.92 Å². The molecule has 1 aliphatic carbocycles. The molecule has 0 heterocycles. The van der Waals surface area contributed by atoms with E-state index < -0.39 is 0 Å². The van der Waals surface area contributed by atoms with Crippen molar-refractivity contribution in [3.8, 4) is 0 Å². The topological polar surface area (TPSA) is 4.36 Å². The van der Waals surface area contributed by atoms with E-state index >= 15 is 0 Å². The summed E-state index contributed by atoms with van der Waals surface area (Å²) >= 11 is 3.39. The zero-order chi connectivity index (χ0) is 9.47. The molecule has 0 N–H and O–H groups in total. The van der Waals surface area contributed by atoms with Gasteiger partial charge in [-0.2, -0.15) is 0 Å². The van der Waals surface area contributed by atoms with Crippen molar-refractivity contribution in [3.63, 3.8) is 0 Å². The highest BCUT2D eigenvalue weighted by molar-refractivity contribution is 9.10. The fourth-order valence-electron chi connectivity index (χ4n) is 1.77. The summed E-state index contributed by atoms with van der Waals surface area (Å²) in [7, 11) is 0. The zero-order valence-electron chi connectivity index (χ0n) is 7.42. The van der Waals surface area contributed by atoms with Crippen molar-refractivity contribution in [3.05, 3.63) is 45.7 Å². The first kappa shape index (κ1) is 8.77. The maximum Gasteiger partial charge on any atom is 0.260 e. The third-order valence-electron chi connectivity index (χ3n) is 2.82. The minimum Gasteiger partial charge on any atom is -0.305 e. The largest absolute Gasteiger partial charge is 0.305 e. The van der Waals surface area contributed by atoms with E-state index in [9.17, 15) is 0 Å². The fraction of sp³-hybridized carbons (Fsp3) is 0.364. The molecule has 2 atom stereocenters. The van der Waals surface area contributed by atoms with E-state index in [4.69, 9.17) is 6.57 Å². The molecule has 0 spiro atoms. The molecule has 2 heteroatoms. The van der Waals surface area contributed by atoms with Gasteiger partial charge in [0, 0.05) is 22.4 Å². The zero-order valence-corrected chi connectivity index (χ0v) is 9.01. The van der Waals surface area contributed by atoms with Crippen LogP contribution in [0.15, 0.2) is 28.7 Å². The van der Waals surface area contributed by atoms with Gasteiger partial charge in [0.1, 0.15) is 0 Å². The molecule has 1 aromatic carbocycles. The predicted molar refractivity (Wildman–Crippen MR) is 56.2 cm³/mol. The van der Waals surface area contributed by atoms with Gasteiger partial charge in [0.2, 0.25) is 0 Å². The molecule has 13 heavy (non-hydrogen) atoms. The Morgan fingerprint density at radius 3 is 2.38 bits per heavy atom. The van der Waals surface area contributed by atoms with Crippen LogP contribution in [0.3, 0.4) is 0 Å². The monoisotopic (exact) mass is 235 g/mol. The summed E-state index contributed by atoms with van der Waals surface area (Å²) in [5.41, 5.74) is 0.971. The number of hydrogen-bond donors (Lipinski definition) is 0. The molecule has 66 valence electrons. The van der Waals surface area contributed by atoms with Gasteiger partial charge in [-0.3, -0.25) is 0 Å². The van der Waals surface area contributed by atoms with E-state index in [0.29, 0.717) is 5.92 Å². The molecule has 1 saturated carbocycles. The highest BCUT2D eigenvalue weighted by Crippen LogP contribution is 2.55. The first-order valence-electron chi connectivity index (χ1n) is 4.34. The molecule has 0 saturated heterocycles. The minimum atomic E-state index is -0.194. The predicted octanol–water partition coefficient (Wildman–Crippen LogP) is 3.60. The summed E-state index contributed by atoms with van der Waals surface area (Å²) in [5.74, 6) is 0.520. The first-order valence-corrected chi connectivity index (χ1v) is 5.13. The van der Waals surface area contributed by atoms with Gasteiger partial charge >= 0.3 is 0 Å². The van der Waals surface area contributed by atoms with Crippen LogP contribution >= 0.6 is 15.9 Å². The molecular weight excluding hydrogens is 226 g/mol. The maximum absolute atomic E-state index is 7.20. The average Bonchev–Trinajstić information content (AvgIpc) is 2.79. The lowest BCUT2D eigenvalue weighted by molar-refractivity contribution is 0.773. The van der Waals surface area contributed by atoms with Crippen LogP contribution in [-0.4, -0.2) is 0 Å². The Labute approximate surface area is 86.7 Å². The van der Waals surface area contributed by atoms with Crippen LogP contribution < -0.4 is 0 Å². The molecule has 0 radical (unpaired) electrons. The summed E-state index contributed by atoms with van der Waals surface area (Å²) in [6.45, 7) is 9.34. The lowest BCUT2D eigenvalue weighted by Gasteiger charge is -2.03. The number of benzene rings is 1. The second-order valence-electron chi connectivity index (χ2n) is 3.65. The van der Waals surface area contributed by atoms with Gasteiger partial charge < -0.3 is 4.85 Å². The van der Waals surface area contributed by atoms with Gasteiger partial charge in [-0.05, 0) is 24.3 Å². The Bertz CT molecular complexity index is 363. The molecule has 1 fully saturated rings. The van der Waals surface area contributed by atoms with Crippen LogP contribution in [0.2, 0.25) is 0 Å². The van der Waals surface area contributed by atoms with Crippen LogP contribution in [-0.2, 0) is 5.54 Å².